The number of hydrogen-bond acceptors (Lipinski definition) is 7. The van der Waals surface area contributed by atoms with Crippen molar-refractivity contribution in [3.8, 4) is 11.6 Å². The van der Waals surface area contributed by atoms with E-state index in [2.05, 4.69) is 15.0 Å². The molecule has 4 heterocycles. The molecule has 0 N–H and O–H groups in total. The molecule has 2 aromatic carbocycles. The molecule has 1 aliphatic heterocycles. The molecule has 0 atom stereocenters. The second-order valence-electron chi connectivity index (χ2n) is 11.2. The first-order valence-electron chi connectivity index (χ1n) is 14.6. The number of alkyl halides is 3. The van der Waals surface area contributed by atoms with Crippen LogP contribution >= 0.6 is 0 Å². The van der Waals surface area contributed by atoms with Gasteiger partial charge in [-0.3, -0.25) is 14.5 Å². The van der Waals surface area contributed by atoms with E-state index in [0.29, 0.717) is 36.8 Å². The Hall–Kier alpha value is -5.17. The van der Waals surface area contributed by atoms with Crippen LogP contribution in [0.15, 0.2) is 77.4 Å². The summed E-state index contributed by atoms with van der Waals surface area (Å²) in [5.41, 5.74) is 2.07. The largest absolute Gasteiger partial charge is 0.439 e. The van der Waals surface area contributed by atoms with E-state index in [1.165, 1.54) is 18.1 Å². The van der Waals surface area contributed by atoms with Crippen LogP contribution in [0, 0.1) is 6.92 Å². The van der Waals surface area contributed by atoms with Crippen molar-refractivity contribution in [2.75, 3.05) is 38.1 Å². The number of anilines is 1. The average Bonchev–Trinajstić information content (AvgIpc) is 3.61. The Bertz CT molecular complexity index is 1870. The Morgan fingerprint density at radius 3 is 2.35 bits per heavy atom. The minimum atomic E-state index is -4.48. The molecule has 46 heavy (non-hydrogen) atoms. The predicted octanol–water partition coefficient (Wildman–Crippen LogP) is 5.92. The van der Waals surface area contributed by atoms with Gasteiger partial charge in [0.25, 0.3) is 11.8 Å². The van der Waals surface area contributed by atoms with Gasteiger partial charge in [-0.1, -0.05) is 5.16 Å². The molecule has 0 unspecified atom stereocenters. The lowest BCUT2D eigenvalue weighted by Crippen LogP contribution is -2.48. The molecule has 3 aromatic heterocycles. The van der Waals surface area contributed by atoms with E-state index in [4.69, 9.17) is 9.26 Å². The Kier molecular flexibility index (Phi) is 8.26. The Morgan fingerprint density at radius 1 is 0.978 bits per heavy atom. The number of piperazine rings is 1. The molecule has 1 aliphatic rings. The zero-order valence-electron chi connectivity index (χ0n) is 25.4. The minimum absolute atomic E-state index is 0.0367. The number of ether oxygens (including phenoxy) is 1. The lowest BCUT2D eigenvalue weighted by atomic mass is 10.1. The number of rotatable bonds is 7. The van der Waals surface area contributed by atoms with Gasteiger partial charge in [0.05, 0.1) is 23.1 Å². The van der Waals surface area contributed by atoms with Gasteiger partial charge >= 0.3 is 6.18 Å². The molecule has 1 fully saturated rings. The van der Waals surface area contributed by atoms with Gasteiger partial charge in [-0.05, 0) is 61.5 Å². The van der Waals surface area contributed by atoms with Crippen LogP contribution in [-0.4, -0.2) is 69.5 Å². The van der Waals surface area contributed by atoms with E-state index in [1.807, 2.05) is 47.7 Å². The van der Waals surface area contributed by atoms with Crippen molar-refractivity contribution in [1.29, 1.82) is 0 Å². The molecule has 10 nitrogen and oxygen atoms in total. The highest BCUT2D eigenvalue weighted by Crippen LogP contribution is 2.30. The zero-order chi connectivity index (χ0) is 32.6. The van der Waals surface area contributed by atoms with Gasteiger partial charge in [0.2, 0.25) is 5.88 Å². The summed E-state index contributed by atoms with van der Waals surface area (Å²) in [7, 11) is 3.38. The highest BCUT2D eigenvalue weighted by Gasteiger charge is 2.30. The number of halogens is 3. The van der Waals surface area contributed by atoms with Crippen molar-refractivity contribution in [2.45, 2.75) is 19.6 Å². The molecule has 5 aromatic rings. The summed E-state index contributed by atoms with van der Waals surface area (Å²) in [6.45, 7) is 5.25. The molecule has 0 saturated carbocycles. The number of carbonyl (C=O) groups excluding carboxylic acids is 2. The van der Waals surface area contributed by atoms with E-state index < -0.39 is 17.6 Å². The summed E-state index contributed by atoms with van der Waals surface area (Å²) in [5, 5.41) is 4.90. The first kappa shape index (κ1) is 30.8. The highest BCUT2D eigenvalue weighted by atomic mass is 19.4. The maximum Gasteiger partial charge on any atom is 0.416 e. The van der Waals surface area contributed by atoms with Gasteiger partial charge in [-0.25, -0.2) is 4.98 Å². The summed E-state index contributed by atoms with van der Waals surface area (Å²) < 4.78 is 51.6. The van der Waals surface area contributed by atoms with E-state index in [-0.39, 0.29) is 17.4 Å². The predicted molar refractivity (Wildman–Crippen MR) is 164 cm³/mol. The van der Waals surface area contributed by atoms with E-state index in [1.54, 1.807) is 18.2 Å². The summed E-state index contributed by atoms with van der Waals surface area (Å²) in [6.07, 6.45) is -3.03. The molecule has 0 bridgehead atoms. The topological polar surface area (TPSA) is 96.9 Å². The monoisotopic (exact) mass is 632 g/mol. The molecule has 0 aliphatic carbocycles. The van der Waals surface area contributed by atoms with Gasteiger partial charge in [0, 0.05) is 75.4 Å². The van der Waals surface area contributed by atoms with E-state index in [9.17, 15) is 22.8 Å². The third kappa shape index (κ3) is 6.45. The average molecular weight is 633 g/mol. The standard InChI is InChI=1S/C33H31F3N6O4/c1-21-16-25(38-46-21)20-41-12-14-42(15-13-41)32(44)29-18-23-17-27(9-10-28(23)40(29)3)45-30-11-8-26(19-37-30)39(2)31(43)22-4-6-24(7-5-22)33(34,35)36/h4-11,16-19H,12-15,20H2,1-3H3. The number of fused-ring (bicyclic) bond motifs is 1. The quantitative estimate of drug-likeness (QED) is 0.220. The van der Waals surface area contributed by atoms with Crippen LogP contribution in [0.1, 0.15) is 37.9 Å². The first-order valence-corrected chi connectivity index (χ1v) is 14.6. The van der Waals surface area contributed by atoms with Crippen LogP contribution in [0.4, 0.5) is 18.9 Å². The molecule has 2 amide bonds. The van der Waals surface area contributed by atoms with Crippen LogP contribution in [0.5, 0.6) is 11.6 Å². The molecule has 238 valence electrons. The van der Waals surface area contributed by atoms with Gasteiger partial charge < -0.3 is 23.6 Å². The van der Waals surface area contributed by atoms with Gasteiger partial charge in [0.1, 0.15) is 17.2 Å². The van der Waals surface area contributed by atoms with Gasteiger partial charge in [-0.15, -0.1) is 0 Å². The summed E-state index contributed by atoms with van der Waals surface area (Å²) >= 11 is 0. The van der Waals surface area contributed by atoms with Crippen LogP contribution < -0.4 is 9.64 Å². The number of aryl methyl sites for hydroxylation is 2. The molecular weight excluding hydrogens is 601 g/mol. The van der Waals surface area contributed by atoms with Crippen molar-refractivity contribution in [3.63, 3.8) is 0 Å². The van der Waals surface area contributed by atoms with Crippen LogP contribution in [0.2, 0.25) is 0 Å². The Morgan fingerprint density at radius 2 is 1.72 bits per heavy atom. The normalized spacial score (nSPS) is 14.1. The molecule has 0 radical (unpaired) electrons. The number of nitrogens with zero attached hydrogens (tertiary/aromatic N) is 6. The zero-order valence-corrected chi connectivity index (χ0v) is 25.4. The van der Waals surface area contributed by atoms with Crippen LogP contribution in [0.25, 0.3) is 10.9 Å². The Labute approximate surface area is 262 Å². The maximum absolute atomic E-state index is 13.5. The lowest BCUT2D eigenvalue weighted by Gasteiger charge is -2.34. The van der Waals surface area contributed by atoms with Crippen molar-refractivity contribution >= 4 is 28.4 Å². The van der Waals surface area contributed by atoms with Crippen LogP contribution in [0.3, 0.4) is 0 Å². The van der Waals surface area contributed by atoms with Gasteiger partial charge in [-0.2, -0.15) is 13.2 Å². The van der Waals surface area contributed by atoms with Crippen molar-refractivity contribution in [1.82, 2.24) is 24.5 Å². The van der Waals surface area contributed by atoms with Crippen molar-refractivity contribution in [3.05, 3.63) is 101 Å². The molecule has 6 rings (SSSR count). The van der Waals surface area contributed by atoms with Crippen LogP contribution in [-0.2, 0) is 19.8 Å². The fourth-order valence-corrected chi connectivity index (χ4v) is 5.45. The second kappa shape index (κ2) is 12.3. The number of benzene rings is 2. The third-order valence-corrected chi connectivity index (χ3v) is 8.05. The number of pyridine rings is 1. The molecule has 1 saturated heterocycles. The molecule has 0 spiro atoms. The smallest absolute Gasteiger partial charge is 0.416 e. The maximum atomic E-state index is 13.5. The molecular formula is C33H31F3N6O4. The fraction of sp³-hybridized carbons (Fsp3) is 0.273. The van der Waals surface area contributed by atoms with Gasteiger partial charge in [0.15, 0.2) is 0 Å². The minimum Gasteiger partial charge on any atom is -0.439 e. The second-order valence-corrected chi connectivity index (χ2v) is 11.2. The highest BCUT2D eigenvalue weighted by molar-refractivity contribution is 6.05. The summed E-state index contributed by atoms with van der Waals surface area (Å²) in [4.78, 5) is 36.0. The first-order chi connectivity index (χ1) is 22.0. The fourth-order valence-electron chi connectivity index (χ4n) is 5.45. The molecule has 13 heteroatoms. The number of amides is 2. The summed E-state index contributed by atoms with van der Waals surface area (Å²) in [5.74, 6) is 1.06. The lowest BCUT2D eigenvalue weighted by molar-refractivity contribution is -0.137. The van der Waals surface area contributed by atoms with E-state index in [0.717, 1.165) is 59.7 Å². The number of hydrogen-bond donors (Lipinski definition) is 0. The Balaban J connectivity index is 1.08. The van der Waals surface area contributed by atoms with Crippen molar-refractivity contribution in [2.24, 2.45) is 7.05 Å². The number of carbonyl (C=O) groups is 2. The SMILES string of the molecule is Cc1cc(CN2CCN(C(=O)c3cc4cc(Oc5ccc(N(C)C(=O)c6ccc(C(F)(F)F)cc6)cn5)ccc4n3C)CC2)no1. The van der Waals surface area contributed by atoms with Crippen molar-refractivity contribution < 1.29 is 32.0 Å². The number of aromatic nitrogens is 3. The third-order valence-electron chi connectivity index (χ3n) is 8.05. The summed E-state index contributed by atoms with van der Waals surface area (Å²) in [6, 6.07) is 16.6. The van der Waals surface area contributed by atoms with E-state index >= 15 is 0 Å².